The summed E-state index contributed by atoms with van der Waals surface area (Å²) in [5, 5.41) is 4.54. The molecular weight excluding hydrogens is 276 g/mol. The lowest BCUT2D eigenvalue weighted by Gasteiger charge is -2.00. The Morgan fingerprint density at radius 2 is 2.06 bits per heavy atom. The van der Waals surface area contributed by atoms with Gasteiger partial charge < -0.3 is 0 Å². The molecule has 1 N–H and O–H groups in total. The Labute approximate surface area is 111 Å². The van der Waals surface area contributed by atoms with Crippen molar-refractivity contribution in [3.8, 4) is 0 Å². The van der Waals surface area contributed by atoms with Crippen LogP contribution in [0.3, 0.4) is 0 Å². The molecule has 0 aromatic carbocycles. The number of carbonyl (C=O) groups excluding carboxylic acids is 2. The van der Waals surface area contributed by atoms with Gasteiger partial charge >= 0.3 is 0 Å². The Morgan fingerprint density at radius 3 is 2.67 bits per heavy atom. The number of rotatable bonds is 3. The monoisotopic (exact) mass is 282 g/mol. The van der Waals surface area contributed by atoms with Crippen LogP contribution >= 0.6 is 22.9 Å². The first kappa shape index (κ1) is 12.6. The third-order valence-electron chi connectivity index (χ3n) is 1.92. The average molecular weight is 283 g/mol. The van der Waals surface area contributed by atoms with Crippen LogP contribution in [0.1, 0.15) is 27.9 Å². The molecule has 2 aromatic rings. The van der Waals surface area contributed by atoms with E-state index in [0.717, 1.165) is 11.3 Å². The number of amides is 1. The maximum absolute atomic E-state index is 11.8. The Morgan fingerprint density at radius 1 is 1.28 bits per heavy atom. The van der Waals surface area contributed by atoms with E-state index in [1.54, 1.807) is 5.38 Å². The molecule has 0 aliphatic rings. The van der Waals surface area contributed by atoms with E-state index in [-0.39, 0.29) is 16.6 Å². The maximum atomic E-state index is 11.8. The van der Waals surface area contributed by atoms with Crippen molar-refractivity contribution in [2.45, 2.75) is 6.92 Å². The van der Waals surface area contributed by atoms with Crippen molar-refractivity contribution in [1.82, 2.24) is 15.0 Å². The fourth-order valence-corrected chi connectivity index (χ4v) is 2.00. The molecule has 2 rings (SSSR count). The number of Topliss-reactive ketones (excluding diaryl/α,β-unsaturated/α-hetero) is 1. The smallest absolute Gasteiger partial charge is 0.277 e. The first-order valence-corrected chi connectivity index (χ1v) is 6.07. The molecule has 2 aromatic heterocycles. The number of anilines is 1. The van der Waals surface area contributed by atoms with E-state index >= 15 is 0 Å². The molecule has 0 bridgehead atoms. The van der Waals surface area contributed by atoms with Gasteiger partial charge in [-0.25, -0.2) is 9.97 Å². The summed E-state index contributed by atoms with van der Waals surface area (Å²) >= 11 is 6.79. The molecule has 0 unspecified atom stereocenters. The van der Waals surface area contributed by atoms with Gasteiger partial charge in [0.1, 0.15) is 16.5 Å². The van der Waals surface area contributed by atoms with Crippen LogP contribution < -0.4 is 5.32 Å². The zero-order chi connectivity index (χ0) is 13.1. The minimum Gasteiger partial charge on any atom is -0.296 e. The van der Waals surface area contributed by atoms with E-state index in [4.69, 9.17) is 11.6 Å². The van der Waals surface area contributed by atoms with Gasteiger partial charge in [0, 0.05) is 12.3 Å². The highest BCUT2D eigenvalue weighted by Crippen LogP contribution is 2.16. The number of hydrogen-bond acceptors (Lipinski definition) is 6. The molecule has 0 aliphatic carbocycles. The predicted octanol–water partition coefficient (Wildman–Crippen LogP) is 2.04. The molecule has 92 valence electrons. The van der Waals surface area contributed by atoms with Gasteiger partial charge in [-0.1, -0.05) is 11.6 Å². The molecule has 6 nitrogen and oxygen atoms in total. The Balaban J connectivity index is 2.13. The molecule has 0 atom stereocenters. The van der Waals surface area contributed by atoms with Crippen LogP contribution in [0.5, 0.6) is 0 Å². The van der Waals surface area contributed by atoms with Crippen molar-refractivity contribution >= 4 is 39.8 Å². The van der Waals surface area contributed by atoms with Gasteiger partial charge in [0.25, 0.3) is 5.91 Å². The largest absolute Gasteiger partial charge is 0.296 e. The summed E-state index contributed by atoms with van der Waals surface area (Å²) in [5.41, 5.74) is 0.398. The number of aromatic nitrogens is 3. The highest BCUT2D eigenvalue weighted by Gasteiger charge is 2.12. The summed E-state index contributed by atoms with van der Waals surface area (Å²) in [5.74, 6) is -0.635. The molecule has 1 amide bonds. The maximum Gasteiger partial charge on any atom is 0.277 e. The Kier molecular flexibility index (Phi) is 3.63. The van der Waals surface area contributed by atoms with Gasteiger partial charge in [-0.2, -0.15) is 0 Å². The van der Waals surface area contributed by atoms with Crippen LogP contribution in [-0.4, -0.2) is 26.6 Å². The molecule has 2 heterocycles. The lowest BCUT2D eigenvalue weighted by molar-refractivity contribution is 0.100. The number of halogens is 1. The zero-order valence-electron chi connectivity index (χ0n) is 9.18. The van der Waals surface area contributed by atoms with Crippen LogP contribution in [0, 0.1) is 0 Å². The van der Waals surface area contributed by atoms with Crippen LogP contribution in [0.4, 0.5) is 5.13 Å². The fourth-order valence-electron chi connectivity index (χ4n) is 1.11. The number of hydrogen-bond donors (Lipinski definition) is 1. The molecule has 8 heteroatoms. The highest BCUT2D eigenvalue weighted by atomic mass is 35.5. The molecular formula is C10H7ClN4O2S. The third-order valence-corrected chi connectivity index (χ3v) is 2.86. The predicted molar refractivity (Wildman–Crippen MR) is 67.1 cm³/mol. The second kappa shape index (κ2) is 5.19. The lowest BCUT2D eigenvalue weighted by Crippen LogP contribution is -2.14. The molecule has 0 radical (unpaired) electrons. The van der Waals surface area contributed by atoms with Crippen molar-refractivity contribution in [3.63, 3.8) is 0 Å². The molecule has 0 spiro atoms. The fraction of sp³-hybridized carbons (Fsp3) is 0.100. The summed E-state index contributed by atoms with van der Waals surface area (Å²) < 4.78 is 0. The van der Waals surface area contributed by atoms with Crippen molar-refractivity contribution in [3.05, 3.63) is 34.3 Å². The van der Waals surface area contributed by atoms with Gasteiger partial charge in [-0.05, 0) is 0 Å². The quantitative estimate of drug-likeness (QED) is 0.871. The molecule has 0 fully saturated rings. The van der Waals surface area contributed by atoms with E-state index in [2.05, 4.69) is 20.3 Å². The summed E-state index contributed by atoms with van der Waals surface area (Å²) in [7, 11) is 0. The summed E-state index contributed by atoms with van der Waals surface area (Å²) in [6.07, 6.45) is 2.62. The minimum atomic E-state index is -0.477. The number of nitrogens with zero attached hydrogens (tertiary/aromatic N) is 3. The van der Waals surface area contributed by atoms with Crippen molar-refractivity contribution in [2.75, 3.05) is 5.32 Å². The van der Waals surface area contributed by atoms with E-state index in [1.165, 1.54) is 19.3 Å². The van der Waals surface area contributed by atoms with E-state index in [0.29, 0.717) is 10.8 Å². The topological polar surface area (TPSA) is 84.8 Å². The SMILES string of the molecule is CC(=O)c1csc(NC(=O)c2cncc(Cl)n2)n1. The summed E-state index contributed by atoms with van der Waals surface area (Å²) in [6.45, 7) is 1.41. The third kappa shape index (κ3) is 2.88. The van der Waals surface area contributed by atoms with E-state index in [1.807, 2.05) is 0 Å². The van der Waals surface area contributed by atoms with E-state index in [9.17, 15) is 9.59 Å². The lowest BCUT2D eigenvalue weighted by atomic mass is 10.4. The highest BCUT2D eigenvalue weighted by molar-refractivity contribution is 7.14. The Bertz CT molecular complexity index is 613. The number of carbonyl (C=O) groups is 2. The zero-order valence-corrected chi connectivity index (χ0v) is 10.7. The van der Waals surface area contributed by atoms with Crippen molar-refractivity contribution in [1.29, 1.82) is 0 Å². The van der Waals surface area contributed by atoms with Crippen LogP contribution in [0.25, 0.3) is 0 Å². The molecule has 0 aliphatic heterocycles. The molecule has 0 saturated heterocycles. The normalized spacial score (nSPS) is 10.1. The van der Waals surface area contributed by atoms with Crippen molar-refractivity contribution in [2.24, 2.45) is 0 Å². The average Bonchev–Trinajstić information content (AvgIpc) is 2.77. The van der Waals surface area contributed by atoms with Gasteiger partial charge in [0.05, 0.1) is 12.4 Å². The minimum absolute atomic E-state index is 0.0853. The van der Waals surface area contributed by atoms with Crippen molar-refractivity contribution < 1.29 is 9.59 Å². The van der Waals surface area contributed by atoms with Crippen LogP contribution in [0.2, 0.25) is 5.15 Å². The standard InChI is InChI=1S/C10H7ClN4O2S/c1-5(16)7-4-18-10(14-7)15-9(17)6-2-12-3-8(11)13-6/h2-4H,1H3,(H,14,15,17). The van der Waals surface area contributed by atoms with Gasteiger partial charge in [-0.15, -0.1) is 11.3 Å². The van der Waals surface area contributed by atoms with Gasteiger partial charge in [0.2, 0.25) is 0 Å². The van der Waals surface area contributed by atoms with Crippen LogP contribution in [0.15, 0.2) is 17.8 Å². The molecule has 0 saturated carbocycles. The van der Waals surface area contributed by atoms with E-state index < -0.39 is 5.91 Å². The number of thiazole rings is 1. The molecule has 18 heavy (non-hydrogen) atoms. The summed E-state index contributed by atoms with van der Waals surface area (Å²) in [4.78, 5) is 34.3. The second-order valence-electron chi connectivity index (χ2n) is 3.28. The first-order chi connectivity index (χ1) is 8.56. The first-order valence-electron chi connectivity index (χ1n) is 4.81. The number of ketones is 1. The van der Waals surface area contributed by atoms with Gasteiger partial charge in [0.15, 0.2) is 10.9 Å². The van der Waals surface area contributed by atoms with Crippen LogP contribution in [-0.2, 0) is 0 Å². The Hall–Kier alpha value is -1.86. The van der Waals surface area contributed by atoms with Gasteiger partial charge in [-0.3, -0.25) is 19.9 Å². The number of nitrogens with one attached hydrogen (secondary N) is 1. The second-order valence-corrected chi connectivity index (χ2v) is 4.52. The summed E-state index contributed by atoms with van der Waals surface area (Å²) in [6, 6.07) is 0.